The van der Waals surface area contributed by atoms with Crippen molar-refractivity contribution in [2.75, 3.05) is 6.54 Å². The minimum atomic E-state index is -0.0337. The highest BCUT2D eigenvalue weighted by atomic mass is 35.5. The van der Waals surface area contributed by atoms with Crippen LogP contribution >= 0.6 is 12.4 Å². The molecule has 1 aliphatic rings. The Morgan fingerprint density at radius 1 is 0.611 bits per heavy atom. The van der Waals surface area contributed by atoms with Gasteiger partial charge in [-0.3, -0.25) is 14.5 Å². The highest BCUT2D eigenvalue weighted by Crippen LogP contribution is 2.31. The molecule has 1 aliphatic carbocycles. The normalized spacial score (nSPS) is 13.9. The lowest BCUT2D eigenvalue weighted by Crippen LogP contribution is -2.24. The van der Waals surface area contributed by atoms with Crippen molar-refractivity contribution in [3.05, 3.63) is 124 Å². The van der Waals surface area contributed by atoms with E-state index in [0.717, 1.165) is 38.0 Å². The smallest absolute Gasteiger partial charge is 0.190 e. The number of carbonyl (C=O) groups is 2. The van der Waals surface area contributed by atoms with Crippen molar-refractivity contribution < 1.29 is 9.59 Å². The zero-order valence-electron chi connectivity index (χ0n) is 21.3. The molecule has 186 valence electrons. The van der Waals surface area contributed by atoms with Gasteiger partial charge in [0.15, 0.2) is 11.6 Å². The van der Waals surface area contributed by atoms with E-state index in [-0.39, 0.29) is 24.0 Å². The van der Waals surface area contributed by atoms with E-state index in [9.17, 15) is 9.59 Å². The summed E-state index contributed by atoms with van der Waals surface area (Å²) < 4.78 is 0. The summed E-state index contributed by atoms with van der Waals surface area (Å²) in [6.07, 6.45) is 1.92. The van der Waals surface area contributed by atoms with E-state index in [2.05, 4.69) is 77.7 Å². The molecular weight excluding hydrogens is 466 g/mol. The third-order valence-electron chi connectivity index (χ3n) is 6.84. The minimum absolute atomic E-state index is 0. The van der Waals surface area contributed by atoms with Gasteiger partial charge in [-0.25, -0.2) is 0 Å². The second kappa shape index (κ2) is 12.6. The highest BCUT2D eigenvalue weighted by Gasteiger charge is 2.28. The zero-order valence-corrected chi connectivity index (χ0v) is 22.1. The second-order valence-corrected chi connectivity index (χ2v) is 9.39. The van der Waals surface area contributed by atoms with E-state index in [1.54, 1.807) is 20.8 Å². The summed E-state index contributed by atoms with van der Waals surface area (Å²) in [4.78, 5) is 28.1. The molecule has 0 saturated carbocycles. The van der Waals surface area contributed by atoms with Crippen LogP contribution in [-0.4, -0.2) is 23.0 Å². The SMILES string of the molecule is CC1=C(C)C(=O)C(c2cccc(CCCN(Cc3ccccc3)Cc3ccccc3)c2)=C(C)C1=O.Cl. The fourth-order valence-corrected chi connectivity index (χ4v) is 4.73. The fourth-order valence-electron chi connectivity index (χ4n) is 4.73. The van der Waals surface area contributed by atoms with Crippen LogP contribution in [0, 0.1) is 0 Å². The predicted octanol–water partition coefficient (Wildman–Crippen LogP) is 7.01. The summed E-state index contributed by atoms with van der Waals surface area (Å²) in [5.41, 5.74) is 6.87. The summed E-state index contributed by atoms with van der Waals surface area (Å²) in [7, 11) is 0. The molecule has 3 nitrogen and oxygen atoms in total. The van der Waals surface area contributed by atoms with Gasteiger partial charge >= 0.3 is 0 Å². The molecule has 4 rings (SSSR count). The minimum Gasteiger partial charge on any atom is -0.295 e. The number of aryl methyl sites for hydroxylation is 1. The number of nitrogens with zero attached hydrogens (tertiary/aromatic N) is 1. The number of carbonyl (C=O) groups excluding carboxylic acids is 2. The first-order valence-corrected chi connectivity index (χ1v) is 12.3. The first-order valence-electron chi connectivity index (χ1n) is 12.3. The van der Waals surface area contributed by atoms with Crippen LogP contribution in [0.5, 0.6) is 0 Å². The van der Waals surface area contributed by atoms with Gasteiger partial charge in [0, 0.05) is 35.4 Å². The van der Waals surface area contributed by atoms with E-state index in [1.165, 1.54) is 16.7 Å². The van der Waals surface area contributed by atoms with Crippen LogP contribution in [0.15, 0.2) is 102 Å². The highest BCUT2D eigenvalue weighted by molar-refractivity contribution is 6.39. The van der Waals surface area contributed by atoms with E-state index < -0.39 is 0 Å². The molecule has 4 heteroatoms. The van der Waals surface area contributed by atoms with Crippen LogP contribution in [0.4, 0.5) is 0 Å². The molecule has 0 atom stereocenters. The molecular formula is C32H34ClNO2. The standard InChI is InChI=1S/C32H33NO2.ClH/c1-23-24(2)32(35)30(25(3)31(23)34)29-18-10-16-26(20-29)17-11-19-33(21-27-12-6-4-7-13-27)22-28-14-8-5-9-15-28;/h4-10,12-16,18,20H,11,17,19,21-22H2,1-3H3;1H. The van der Waals surface area contributed by atoms with Crippen molar-refractivity contribution in [3.8, 4) is 0 Å². The monoisotopic (exact) mass is 499 g/mol. The average Bonchev–Trinajstić information content (AvgIpc) is 2.88. The molecule has 0 bridgehead atoms. The summed E-state index contributed by atoms with van der Waals surface area (Å²) in [6.45, 7) is 8.03. The number of benzene rings is 3. The van der Waals surface area contributed by atoms with Gasteiger partial charge in [0.2, 0.25) is 0 Å². The molecule has 36 heavy (non-hydrogen) atoms. The molecule has 0 fully saturated rings. The summed E-state index contributed by atoms with van der Waals surface area (Å²) in [5.74, 6) is -0.0615. The van der Waals surface area contributed by atoms with E-state index in [4.69, 9.17) is 0 Å². The number of Topliss-reactive ketones (excluding diaryl/α,β-unsaturated/α-hetero) is 2. The number of rotatable bonds is 9. The topological polar surface area (TPSA) is 37.4 Å². The number of allylic oxidation sites excluding steroid dienone is 4. The second-order valence-electron chi connectivity index (χ2n) is 9.39. The maximum atomic E-state index is 13.0. The van der Waals surface area contributed by atoms with E-state index >= 15 is 0 Å². The van der Waals surface area contributed by atoms with Crippen molar-refractivity contribution in [3.63, 3.8) is 0 Å². The first kappa shape index (κ1) is 27.3. The molecule has 0 spiro atoms. The van der Waals surface area contributed by atoms with E-state index in [1.807, 2.05) is 12.1 Å². The largest absolute Gasteiger partial charge is 0.295 e. The van der Waals surface area contributed by atoms with Gasteiger partial charge in [0.25, 0.3) is 0 Å². The molecule has 0 heterocycles. The molecule has 0 amide bonds. The molecule has 3 aromatic rings. The van der Waals surface area contributed by atoms with Crippen LogP contribution in [0.2, 0.25) is 0 Å². The Morgan fingerprint density at radius 2 is 1.14 bits per heavy atom. The third-order valence-corrected chi connectivity index (χ3v) is 6.84. The molecule has 0 unspecified atom stereocenters. The summed E-state index contributed by atoms with van der Waals surface area (Å²) in [6, 6.07) is 29.3. The Bertz CT molecular complexity index is 1230. The van der Waals surface area contributed by atoms with Crippen LogP contribution < -0.4 is 0 Å². The lowest BCUT2D eigenvalue weighted by molar-refractivity contribution is -0.115. The van der Waals surface area contributed by atoms with Gasteiger partial charge in [0.05, 0.1) is 0 Å². The zero-order chi connectivity index (χ0) is 24.8. The molecule has 0 aromatic heterocycles. The van der Waals surface area contributed by atoms with Gasteiger partial charge in [-0.2, -0.15) is 0 Å². The first-order chi connectivity index (χ1) is 16.9. The van der Waals surface area contributed by atoms with Crippen molar-refractivity contribution in [1.82, 2.24) is 4.90 Å². The predicted molar refractivity (Wildman–Crippen MR) is 150 cm³/mol. The summed E-state index contributed by atoms with van der Waals surface area (Å²) in [5, 5.41) is 0. The van der Waals surface area contributed by atoms with Crippen LogP contribution in [-0.2, 0) is 29.1 Å². The fraction of sp³-hybridized carbons (Fsp3) is 0.250. The Morgan fingerprint density at radius 3 is 1.72 bits per heavy atom. The average molecular weight is 500 g/mol. The van der Waals surface area contributed by atoms with Crippen molar-refractivity contribution in [1.29, 1.82) is 0 Å². The van der Waals surface area contributed by atoms with Crippen molar-refractivity contribution in [2.45, 2.75) is 46.7 Å². The summed E-state index contributed by atoms with van der Waals surface area (Å²) >= 11 is 0. The van der Waals surface area contributed by atoms with Gasteiger partial charge < -0.3 is 0 Å². The Hall–Kier alpha value is -3.27. The van der Waals surface area contributed by atoms with Crippen molar-refractivity contribution in [2.24, 2.45) is 0 Å². The van der Waals surface area contributed by atoms with Gasteiger partial charge in [-0.05, 0) is 62.4 Å². The van der Waals surface area contributed by atoms with Crippen LogP contribution in [0.1, 0.15) is 49.4 Å². The molecule has 0 N–H and O–H groups in total. The number of ketones is 2. The number of hydrogen-bond acceptors (Lipinski definition) is 3. The number of halogens is 1. The van der Waals surface area contributed by atoms with Gasteiger partial charge in [-0.15, -0.1) is 12.4 Å². The lowest BCUT2D eigenvalue weighted by Gasteiger charge is -2.23. The molecule has 0 radical (unpaired) electrons. The Labute approximate surface area is 221 Å². The third kappa shape index (κ3) is 6.48. The van der Waals surface area contributed by atoms with Gasteiger partial charge in [0.1, 0.15) is 0 Å². The molecule has 0 aliphatic heterocycles. The van der Waals surface area contributed by atoms with Crippen LogP contribution in [0.3, 0.4) is 0 Å². The van der Waals surface area contributed by atoms with Crippen LogP contribution in [0.25, 0.3) is 5.57 Å². The maximum absolute atomic E-state index is 13.0. The van der Waals surface area contributed by atoms with Crippen molar-refractivity contribution >= 4 is 29.5 Å². The lowest BCUT2D eigenvalue weighted by atomic mass is 9.82. The molecule has 3 aromatic carbocycles. The van der Waals surface area contributed by atoms with Gasteiger partial charge in [-0.1, -0.05) is 84.9 Å². The Kier molecular flexibility index (Phi) is 9.58. The van der Waals surface area contributed by atoms with E-state index in [0.29, 0.717) is 22.3 Å². The quantitative estimate of drug-likeness (QED) is 0.297. The Balaban J connectivity index is 0.00000361. The molecule has 0 saturated heterocycles. The number of hydrogen-bond donors (Lipinski definition) is 0. The maximum Gasteiger partial charge on any atom is 0.190 e.